The second kappa shape index (κ2) is 8.95. The monoisotopic (exact) mass is 686 g/mol. The minimum atomic E-state index is -0.514. The van der Waals surface area contributed by atoms with Crippen LogP contribution in [-0.2, 0) is 37.8 Å². The van der Waals surface area contributed by atoms with Crippen LogP contribution < -0.4 is 4.74 Å². The van der Waals surface area contributed by atoms with Crippen molar-refractivity contribution in [3.05, 3.63) is 94.5 Å². The molecule has 0 bridgehead atoms. The number of aliphatic imine (C=N–C) groups is 1. The van der Waals surface area contributed by atoms with Crippen LogP contribution in [0.5, 0.6) is 17.4 Å². The Morgan fingerprint density at radius 2 is 1.74 bits per heavy atom. The van der Waals surface area contributed by atoms with Gasteiger partial charge < -0.3 is 14.6 Å². The molecule has 0 radical (unpaired) electrons. The molecule has 38 heavy (non-hydrogen) atoms. The van der Waals surface area contributed by atoms with Gasteiger partial charge in [0.05, 0.1) is 0 Å². The topological polar surface area (TPSA) is 63.9 Å². The third kappa shape index (κ3) is 3.94. The molecule has 4 aromatic rings. The van der Waals surface area contributed by atoms with Gasteiger partial charge in [-0.25, -0.2) is 4.98 Å². The van der Waals surface area contributed by atoms with E-state index in [1.165, 1.54) is 11.1 Å². The van der Waals surface area contributed by atoms with E-state index in [-0.39, 0.29) is 32.2 Å². The maximum atomic E-state index is 10.4. The first-order valence-electron chi connectivity index (χ1n) is 12.7. The van der Waals surface area contributed by atoms with Crippen LogP contribution in [0.4, 0.5) is 0 Å². The average Bonchev–Trinajstić information content (AvgIpc) is 3.26. The summed E-state index contributed by atoms with van der Waals surface area (Å²) in [6.45, 7) is 12.8. The molecule has 0 fully saturated rings. The number of hydrogen-bond acceptors (Lipinski definition) is 5. The number of aromatic hydroxyl groups is 1. The molecule has 5 nitrogen and oxygen atoms in total. The van der Waals surface area contributed by atoms with Crippen LogP contribution in [0, 0.1) is 25.3 Å². The van der Waals surface area contributed by atoms with Crippen LogP contribution in [0.15, 0.2) is 65.7 Å². The van der Waals surface area contributed by atoms with Crippen LogP contribution >= 0.6 is 0 Å². The molecule has 0 unspecified atom stereocenters. The van der Waals surface area contributed by atoms with Crippen LogP contribution in [0.1, 0.15) is 55.5 Å². The largest absolute Gasteiger partial charge is 0.511 e. The third-order valence-corrected chi connectivity index (χ3v) is 7.70. The summed E-state index contributed by atoms with van der Waals surface area (Å²) in [6, 6.07) is 23.3. The van der Waals surface area contributed by atoms with Gasteiger partial charge in [-0.1, -0.05) is 69.7 Å². The summed E-state index contributed by atoms with van der Waals surface area (Å²) >= 11 is 0. The Labute approximate surface area is 238 Å². The van der Waals surface area contributed by atoms with Crippen molar-refractivity contribution >= 4 is 16.8 Å². The van der Waals surface area contributed by atoms with Crippen molar-refractivity contribution in [1.82, 2.24) is 4.98 Å². The molecule has 3 aromatic carbocycles. The molecule has 1 aliphatic carbocycles. The second-order valence-corrected chi connectivity index (χ2v) is 11.6. The van der Waals surface area contributed by atoms with Gasteiger partial charge in [-0.2, -0.15) is 0 Å². The second-order valence-electron chi connectivity index (χ2n) is 11.6. The molecular formula is C32H31N2O3Pt-. The van der Waals surface area contributed by atoms with Gasteiger partial charge >= 0.3 is 0 Å². The normalized spacial score (nSPS) is 21.8. The standard InChI is InChI=1S/C32H31N2O3.Pt/c1-19-14-23(17-24(15-19)36-27-12-11-21-13-20(2)16-26(35)28(21)33-27)29-34-32(30(3,4)5)25-10-8-7-9-22(25)18-31(32,6)37-29;/h7-16,35H,18H2,1-6H3;/q-1;/t31-,32-;/m1./s1. The predicted octanol–water partition coefficient (Wildman–Crippen LogP) is 7.18. The number of pyridine rings is 1. The van der Waals surface area contributed by atoms with Gasteiger partial charge in [0, 0.05) is 44.7 Å². The Balaban J connectivity index is 0.00000294. The molecule has 2 heterocycles. The van der Waals surface area contributed by atoms with E-state index in [9.17, 15) is 5.11 Å². The molecule has 0 saturated carbocycles. The van der Waals surface area contributed by atoms with Gasteiger partial charge in [0.2, 0.25) is 5.88 Å². The third-order valence-electron chi connectivity index (χ3n) is 7.70. The van der Waals surface area contributed by atoms with Crippen molar-refractivity contribution in [3.8, 4) is 17.4 Å². The number of phenolic OH excluding ortho intramolecular Hbond substituents is 1. The number of aromatic nitrogens is 1. The van der Waals surface area contributed by atoms with Crippen molar-refractivity contribution in [1.29, 1.82) is 0 Å². The van der Waals surface area contributed by atoms with Crippen LogP contribution in [0.25, 0.3) is 10.9 Å². The van der Waals surface area contributed by atoms with E-state index in [1.54, 1.807) is 12.1 Å². The minimum Gasteiger partial charge on any atom is -0.511 e. The molecule has 0 spiro atoms. The van der Waals surface area contributed by atoms with Crippen molar-refractivity contribution in [3.63, 3.8) is 0 Å². The Bertz CT molecular complexity index is 1610. The molecule has 1 aromatic heterocycles. The molecule has 1 aliphatic heterocycles. The van der Waals surface area contributed by atoms with E-state index in [4.69, 9.17) is 14.5 Å². The number of phenols is 1. The fourth-order valence-corrected chi connectivity index (χ4v) is 6.33. The van der Waals surface area contributed by atoms with Crippen molar-refractivity contribution in [2.24, 2.45) is 10.4 Å². The number of ether oxygens (including phenoxy) is 2. The van der Waals surface area contributed by atoms with E-state index in [1.807, 2.05) is 38.1 Å². The summed E-state index contributed by atoms with van der Waals surface area (Å²) < 4.78 is 12.9. The summed E-state index contributed by atoms with van der Waals surface area (Å²) in [5, 5.41) is 11.2. The maximum Gasteiger partial charge on any atom is 0.217 e. The number of benzene rings is 3. The van der Waals surface area contributed by atoms with E-state index >= 15 is 0 Å². The first kappa shape index (κ1) is 26.4. The Hall–Kier alpha value is -3.17. The zero-order chi connectivity index (χ0) is 26.2. The summed E-state index contributed by atoms with van der Waals surface area (Å²) in [5.41, 5.74) is 4.58. The van der Waals surface area contributed by atoms with Crippen molar-refractivity contribution < 1.29 is 35.6 Å². The zero-order valence-corrected chi connectivity index (χ0v) is 24.7. The van der Waals surface area contributed by atoms with Gasteiger partial charge in [0.25, 0.3) is 0 Å². The van der Waals surface area contributed by atoms with Crippen LogP contribution in [0.3, 0.4) is 0 Å². The number of hydrogen-bond donors (Lipinski definition) is 1. The minimum absolute atomic E-state index is 0. The predicted molar refractivity (Wildman–Crippen MR) is 146 cm³/mol. The fraction of sp³-hybridized carbons (Fsp3) is 0.312. The van der Waals surface area contributed by atoms with Crippen molar-refractivity contribution in [2.75, 3.05) is 0 Å². The van der Waals surface area contributed by atoms with Crippen LogP contribution in [0.2, 0.25) is 0 Å². The molecule has 6 heteroatoms. The summed E-state index contributed by atoms with van der Waals surface area (Å²) in [6.07, 6.45) is 0.798. The molecule has 2 atom stereocenters. The Morgan fingerprint density at radius 1 is 1.00 bits per heavy atom. The molecular weight excluding hydrogens is 655 g/mol. The molecule has 198 valence electrons. The Kier molecular flexibility index (Phi) is 6.23. The van der Waals surface area contributed by atoms with Gasteiger partial charge in [0.1, 0.15) is 28.3 Å². The molecule has 0 amide bonds. The van der Waals surface area contributed by atoms with Crippen LogP contribution in [-0.4, -0.2) is 21.6 Å². The number of nitrogens with zero attached hydrogens (tertiary/aromatic N) is 2. The summed E-state index contributed by atoms with van der Waals surface area (Å²) in [7, 11) is 0. The molecule has 1 N–H and O–H groups in total. The summed E-state index contributed by atoms with van der Waals surface area (Å²) in [4.78, 5) is 9.89. The number of rotatable bonds is 3. The first-order valence-corrected chi connectivity index (χ1v) is 12.7. The van der Waals surface area contributed by atoms with Gasteiger partial charge in [0.15, 0.2) is 0 Å². The quantitative estimate of drug-likeness (QED) is 0.232. The van der Waals surface area contributed by atoms with E-state index < -0.39 is 11.1 Å². The SMILES string of the molecule is Cc1cc(Oc2ccc3cc(C)cc(O)c3n2)[c-]c(C2=N[C@@]3(C(C)(C)C)c4ccccc4C[C@@]3(C)O2)c1.[Pt]. The smallest absolute Gasteiger partial charge is 0.217 e. The molecule has 0 saturated heterocycles. The molecule has 2 aliphatic rings. The zero-order valence-electron chi connectivity index (χ0n) is 22.5. The van der Waals surface area contributed by atoms with Gasteiger partial charge in [-0.05, 0) is 54.2 Å². The number of fused-ring (bicyclic) bond motifs is 4. The van der Waals surface area contributed by atoms with E-state index in [2.05, 4.69) is 63.0 Å². The Morgan fingerprint density at radius 3 is 2.50 bits per heavy atom. The number of aryl methyl sites for hydroxylation is 2. The van der Waals surface area contributed by atoms with Crippen molar-refractivity contribution in [2.45, 2.75) is 59.1 Å². The first-order chi connectivity index (χ1) is 17.5. The van der Waals surface area contributed by atoms with E-state index in [0.717, 1.165) is 28.5 Å². The molecule has 6 rings (SSSR count). The average molecular weight is 687 g/mol. The van der Waals surface area contributed by atoms with Gasteiger partial charge in [-0.3, -0.25) is 4.99 Å². The van der Waals surface area contributed by atoms with E-state index in [0.29, 0.717) is 23.0 Å². The fourth-order valence-electron chi connectivity index (χ4n) is 6.33. The van der Waals surface area contributed by atoms with Gasteiger partial charge in [-0.15, -0.1) is 11.6 Å². The maximum absolute atomic E-state index is 10.4. The summed E-state index contributed by atoms with van der Waals surface area (Å²) in [5.74, 6) is 1.63.